The fraction of sp³-hybridized carbons (Fsp3) is 0.867. The van der Waals surface area contributed by atoms with E-state index in [4.69, 9.17) is 9.47 Å². The van der Waals surface area contributed by atoms with Gasteiger partial charge in [-0.1, -0.05) is 26.7 Å². The minimum absolute atomic E-state index is 0.162. The second-order valence-corrected chi connectivity index (χ2v) is 5.51. The average Bonchev–Trinajstić information content (AvgIpc) is 2.27. The molecular formula is C15H28O4. The van der Waals surface area contributed by atoms with E-state index >= 15 is 0 Å². The maximum absolute atomic E-state index is 12.1. The number of hydrogen-bond acceptors (Lipinski definition) is 4. The molecule has 0 amide bonds. The van der Waals surface area contributed by atoms with Crippen LogP contribution in [-0.2, 0) is 19.1 Å². The lowest BCUT2D eigenvalue weighted by atomic mass is 9.89. The summed E-state index contributed by atoms with van der Waals surface area (Å²) < 4.78 is 10.4. The van der Waals surface area contributed by atoms with Crippen LogP contribution in [0.1, 0.15) is 60.8 Å². The number of ether oxygens (including phenoxy) is 2. The molecule has 0 fully saturated rings. The van der Waals surface area contributed by atoms with Crippen molar-refractivity contribution in [3.05, 3.63) is 0 Å². The average molecular weight is 272 g/mol. The molecule has 112 valence electrons. The van der Waals surface area contributed by atoms with Crippen LogP contribution < -0.4 is 0 Å². The Balaban J connectivity index is 4.71. The van der Waals surface area contributed by atoms with Crippen molar-refractivity contribution >= 4 is 11.9 Å². The van der Waals surface area contributed by atoms with Crippen molar-refractivity contribution in [2.24, 2.45) is 11.8 Å². The van der Waals surface area contributed by atoms with Crippen molar-refractivity contribution in [2.75, 3.05) is 0 Å². The molecule has 4 heteroatoms. The molecule has 2 atom stereocenters. The van der Waals surface area contributed by atoms with Gasteiger partial charge in [0.1, 0.15) is 0 Å². The van der Waals surface area contributed by atoms with Crippen molar-refractivity contribution in [2.45, 2.75) is 73.0 Å². The van der Waals surface area contributed by atoms with Crippen LogP contribution in [-0.4, -0.2) is 24.1 Å². The maximum Gasteiger partial charge on any atom is 0.310 e. The topological polar surface area (TPSA) is 52.6 Å². The second kappa shape index (κ2) is 8.94. The van der Waals surface area contributed by atoms with E-state index in [0.717, 1.165) is 12.8 Å². The SMILES string of the molecule is CCCCC(C(=O)OC(C)C)C(C)C(=O)OC(C)C. The first kappa shape index (κ1) is 17.9. The Morgan fingerprint density at radius 1 is 0.895 bits per heavy atom. The van der Waals surface area contributed by atoms with Gasteiger partial charge in [0.2, 0.25) is 0 Å². The predicted octanol–water partition coefficient (Wildman–Crippen LogP) is 3.33. The van der Waals surface area contributed by atoms with Gasteiger partial charge in [-0.25, -0.2) is 0 Å². The maximum atomic E-state index is 12.1. The van der Waals surface area contributed by atoms with Crippen molar-refractivity contribution in [3.63, 3.8) is 0 Å². The fourth-order valence-electron chi connectivity index (χ4n) is 1.82. The first-order chi connectivity index (χ1) is 8.79. The van der Waals surface area contributed by atoms with E-state index in [0.29, 0.717) is 6.42 Å². The van der Waals surface area contributed by atoms with Crippen LogP contribution in [0.15, 0.2) is 0 Å². The summed E-state index contributed by atoms with van der Waals surface area (Å²) in [6.07, 6.45) is 2.22. The summed E-state index contributed by atoms with van der Waals surface area (Å²) in [6.45, 7) is 11.0. The molecule has 0 saturated carbocycles. The Bertz CT molecular complexity index is 284. The van der Waals surface area contributed by atoms with Gasteiger partial charge in [0.05, 0.1) is 24.0 Å². The van der Waals surface area contributed by atoms with E-state index < -0.39 is 11.8 Å². The van der Waals surface area contributed by atoms with Gasteiger partial charge >= 0.3 is 11.9 Å². The molecule has 0 aromatic carbocycles. The predicted molar refractivity (Wildman–Crippen MR) is 74.6 cm³/mol. The molecule has 0 spiro atoms. The van der Waals surface area contributed by atoms with E-state index in [1.165, 1.54) is 0 Å². The molecule has 0 aromatic rings. The van der Waals surface area contributed by atoms with E-state index in [1.54, 1.807) is 20.8 Å². The number of unbranched alkanes of at least 4 members (excludes halogenated alkanes) is 1. The van der Waals surface area contributed by atoms with E-state index in [1.807, 2.05) is 13.8 Å². The Labute approximate surface area is 116 Å². The van der Waals surface area contributed by atoms with Crippen molar-refractivity contribution < 1.29 is 19.1 Å². The normalized spacial score (nSPS) is 14.3. The van der Waals surface area contributed by atoms with E-state index in [-0.39, 0.29) is 24.1 Å². The number of hydrogen-bond donors (Lipinski definition) is 0. The van der Waals surface area contributed by atoms with Gasteiger partial charge < -0.3 is 9.47 Å². The summed E-state index contributed by atoms with van der Waals surface area (Å²) in [6, 6.07) is 0. The molecule has 0 saturated heterocycles. The number of carbonyl (C=O) groups excluding carboxylic acids is 2. The number of carbonyl (C=O) groups is 2. The zero-order valence-corrected chi connectivity index (χ0v) is 13.1. The minimum Gasteiger partial charge on any atom is -0.463 e. The Kier molecular flexibility index (Phi) is 8.44. The molecule has 0 aromatic heterocycles. The van der Waals surface area contributed by atoms with Gasteiger partial charge in [0.15, 0.2) is 0 Å². The van der Waals surface area contributed by atoms with Crippen LogP contribution >= 0.6 is 0 Å². The molecule has 0 aliphatic rings. The van der Waals surface area contributed by atoms with Crippen LogP contribution in [0.25, 0.3) is 0 Å². The zero-order valence-electron chi connectivity index (χ0n) is 13.1. The molecule has 0 rings (SSSR count). The van der Waals surface area contributed by atoms with Gasteiger partial charge in [-0.15, -0.1) is 0 Å². The Morgan fingerprint density at radius 3 is 1.79 bits per heavy atom. The molecule has 4 nitrogen and oxygen atoms in total. The van der Waals surface area contributed by atoms with Gasteiger partial charge in [-0.05, 0) is 34.1 Å². The first-order valence-electron chi connectivity index (χ1n) is 7.20. The monoisotopic (exact) mass is 272 g/mol. The van der Waals surface area contributed by atoms with Crippen LogP contribution in [0.5, 0.6) is 0 Å². The standard InChI is InChI=1S/C15H28O4/c1-7-8-9-13(15(17)19-11(4)5)12(6)14(16)18-10(2)3/h10-13H,7-9H2,1-6H3. The molecule has 0 bridgehead atoms. The van der Waals surface area contributed by atoms with Crippen molar-refractivity contribution in [3.8, 4) is 0 Å². The Morgan fingerprint density at radius 2 is 1.37 bits per heavy atom. The van der Waals surface area contributed by atoms with Gasteiger partial charge in [-0.3, -0.25) is 9.59 Å². The molecule has 0 N–H and O–H groups in total. The first-order valence-corrected chi connectivity index (χ1v) is 7.20. The quantitative estimate of drug-likeness (QED) is 0.636. The molecule has 2 unspecified atom stereocenters. The van der Waals surface area contributed by atoms with Crippen LogP contribution in [0.3, 0.4) is 0 Å². The third-order valence-electron chi connectivity index (χ3n) is 2.85. The third kappa shape index (κ3) is 7.19. The summed E-state index contributed by atoms with van der Waals surface area (Å²) in [5, 5.41) is 0. The van der Waals surface area contributed by atoms with Crippen LogP contribution in [0.4, 0.5) is 0 Å². The lowest BCUT2D eigenvalue weighted by Crippen LogP contribution is -2.33. The van der Waals surface area contributed by atoms with Gasteiger partial charge in [0.25, 0.3) is 0 Å². The zero-order chi connectivity index (χ0) is 15.0. The summed E-state index contributed by atoms with van der Waals surface area (Å²) in [5.41, 5.74) is 0. The molecule has 0 aliphatic heterocycles. The summed E-state index contributed by atoms with van der Waals surface area (Å²) in [5.74, 6) is -1.48. The molecule has 0 heterocycles. The largest absolute Gasteiger partial charge is 0.463 e. The molecular weight excluding hydrogens is 244 g/mol. The molecule has 19 heavy (non-hydrogen) atoms. The van der Waals surface area contributed by atoms with E-state index in [9.17, 15) is 9.59 Å². The highest BCUT2D eigenvalue weighted by atomic mass is 16.5. The van der Waals surface area contributed by atoms with E-state index in [2.05, 4.69) is 6.92 Å². The third-order valence-corrected chi connectivity index (χ3v) is 2.85. The highest BCUT2D eigenvalue weighted by Gasteiger charge is 2.32. The number of rotatable bonds is 8. The van der Waals surface area contributed by atoms with Crippen molar-refractivity contribution in [1.82, 2.24) is 0 Å². The molecule has 0 radical (unpaired) electrons. The second-order valence-electron chi connectivity index (χ2n) is 5.51. The van der Waals surface area contributed by atoms with Gasteiger partial charge in [-0.2, -0.15) is 0 Å². The fourth-order valence-corrected chi connectivity index (χ4v) is 1.82. The lowest BCUT2D eigenvalue weighted by molar-refractivity contribution is -0.164. The number of esters is 2. The van der Waals surface area contributed by atoms with Crippen LogP contribution in [0, 0.1) is 11.8 Å². The van der Waals surface area contributed by atoms with Gasteiger partial charge in [0, 0.05) is 0 Å². The molecule has 0 aliphatic carbocycles. The summed E-state index contributed by atoms with van der Waals surface area (Å²) in [7, 11) is 0. The smallest absolute Gasteiger partial charge is 0.310 e. The Hall–Kier alpha value is -1.06. The van der Waals surface area contributed by atoms with Crippen molar-refractivity contribution in [1.29, 1.82) is 0 Å². The highest BCUT2D eigenvalue weighted by molar-refractivity contribution is 5.81. The highest BCUT2D eigenvalue weighted by Crippen LogP contribution is 2.23. The summed E-state index contributed by atoms with van der Waals surface area (Å²) >= 11 is 0. The summed E-state index contributed by atoms with van der Waals surface area (Å²) in [4.78, 5) is 24.0. The minimum atomic E-state index is -0.458. The lowest BCUT2D eigenvalue weighted by Gasteiger charge is -2.23. The van der Waals surface area contributed by atoms with Crippen LogP contribution in [0.2, 0.25) is 0 Å².